The van der Waals surface area contributed by atoms with E-state index in [0.29, 0.717) is 13.0 Å². The van der Waals surface area contributed by atoms with Crippen molar-refractivity contribution in [3.05, 3.63) is 71.8 Å². The predicted octanol–water partition coefficient (Wildman–Crippen LogP) is 2.83. The molecule has 8 heteroatoms. The molecule has 2 atom stereocenters. The Morgan fingerprint density at radius 3 is 2.27 bits per heavy atom. The molecule has 2 aromatic carbocycles. The van der Waals surface area contributed by atoms with Gasteiger partial charge in [0.1, 0.15) is 12.1 Å². The summed E-state index contributed by atoms with van der Waals surface area (Å²) in [6, 6.07) is 18.0. The number of alkyl carbamates (subject to hydrolysis) is 1. The van der Waals surface area contributed by atoms with Crippen LogP contribution in [0.4, 0.5) is 9.59 Å². The zero-order valence-corrected chi connectivity index (χ0v) is 19.3. The molecule has 8 nitrogen and oxygen atoms in total. The molecule has 1 aliphatic rings. The van der Waals surface area contributed by atoms with Gasteiger partial charge in [-0.1, -0.05) is 60.7 Å². The third-order valence-corrected chi connectivity index (χ3v) is 5.24. The normalized spacial score (nSPS) is 17.0. The van der Waals surface area contributed by atoms with Crippen molar-refractivity contribution < 1.29 is 19.1 Å². The molecule has 176 valence electrons. The highest BCUT2D eigenvalue weighted by Crippen LogP contribution is 2.16. The summed E-state index contributed by atoms with van der Waals surface area (Å²) in [6.45, 7) is 5.86. The number of urea groups is 1. The van der Waals surface area contributed by atoms with E-state index in [0.717, 1.165) is 11.1 Å². The first-order chi connectivity index (χ1) is 15.7. The molecule has 1 saturated heterocycles. The van der Waals surface area contributed by atoms with Crippen LogP contribution in [-0.2, 0) is 22.5 Å². The number of hydrogen-bond acceptors (Lipinski definition) is 4. The predicted molar refractivity (Wildman–Crippen MR) is 125 cm³/mol. The number of carbonyl (C=O) groups excluding carboxylic acids is 3. The Kier molecular flexibility index (Phi) is 7.92. The van der Waals surface area contributed by atoms with Crippen molar-refractivity contribution in [1.82, 2.24) is 20.9 Å². The lowest BCUT2D eigenvalue weighted by Crippen LogP contribution is -2.65. The highest BCUT2D eigenvalue weighted by Gasteiger charge is 2.37. The zero-order chi connectivity index (χ0) is 23.8. The molecular weight excluding hydrogens is 420 g/mol. The fourth-order valence-corrected chi connectivity index (χ4v) is 3.72. The van der Waals surface area contributed by atoms with Crippen LogP contribution >= 0.6 is 0 Å². The van der Waals surface area contributed by atoms with Crippen LogP contribution in [0.15, 0.2) is 60.7 Å². The fourth-order valence-electron chi connectivity index (χ4n) is 3.72. The minimum Gasteiger partial charge on any atom is -0.444 e. The molecule has 0 radical (unpaired) electrons. The maximum absolute atomic E-state index is 13.1. The summed E-state index contributed by atoms with van der Waals surface area (Å²) in [4.78, 5) is 39.3. The van der Waals surface area contributed by atoms with Crippen LogP contribution in [0.5, 0.6) is 0 Å². The number of benzene rings is 2. The van der Waals surface area contributed by atoms with Gasteiger partial charge in [0.15, 0.2) is 0 Å². The molecule has 0 bridgehead atoms. The zero-order valence-electron chi connectivity index (χ0n) is 19.3. The van der Waals surface area contributed by atoms with E-state index in [1.807, 2.05) is 60.7 Å². The molecule has 1 unspecified atom stereocenters. The van der Waals surface area contributed by atoms with Crippen molar-refractivity contribution >= 4 is 18.0 Å². The van der Waals surface area contributed by atoms with Gasteiger partial charge in [0.25, 0.3) is 0 Å². The number of nitrogens with zero attached hydrogens (tertiary/aromatic N) is 1. The Bertz CT molecular complexity index is 944. The van der Waals surface area contributed by atoms with Gasteiger partial charge in [0.2, 0.25) is 5.91 Å². The largest absolute Gasteiger partial charge is 0.444 e. The van der Waals surface area contributed by atoms with Crippen molar-refractivity contribution in [1.29, 1.82) is 0 Å². The van der Waals surface area contributed by atoms with Crippen LogP contribution < -0.4 is 16.0 Å². The Balaban J connectivity index is 1.78. The molecule has 0 aromatic heterocycles. The molecule has 2 aromatic rings. The number of piperazine rings is 1. The second-order valence-electron chi connectivity index (χ2n) is 9.09. The number of hydrogen-bond donors (Lipinski definition) is 3. The smallest absolute Gasteiger partial charge is 0.407 e. The van der Waals surface area contributed by atoms with Gasteiger partial charge >= 0.3 is 12.1 Å². The van der Waals surface area contributed by atoms with Crippen LogP contribution in [-0.4, -0.2) is 53.7 Å². The molecule has 0 spiro atoms. The quantitative estimate of drug-likeness (QED) is 0.628. The number of carbonyl (C=O) groups is 3. The summed E-state index contributed by atoms with van der Waals surface area (Å²) in [6.07, 6.45) is -0.0896. The average Bonchev–Trinajstić information content (AvgIpc) is 2.77. The van der Waals surface area contributed by atoms with Gasteiger partial charge in [-0.25, -0.2) is 9.59 Å². The van der Waals surface area contributed by atoms with E-state index in [1.54, 1.807) is 20.8 Å². The van der Waals surface area contributed by atoms with Crippen LogP contribution in [0.25, 0.3) is 0 Å². The molecule has 1 heterocycles. The Hall–Kier alpha value is -3.55. The second-order valence-corrected chi connectivity index (χ2v) is 9.09. The SMILES string of the molecule is CC(C)(C)OC(=O)N[C@@H](Cc1ccccc1)C1CNC(=O)CN1C(=O)NCc1ccccc1. The van der Waals surface area contributed by atoms with Crippen molar-refractivity contribution in [2.24, 2.45) is 0 Å². The maximum atomic E-state index is 13.1. The minimum atomic E-state index is -0.658. The van der Waals surface area contributed by atoms with Crippen molar-refractivity contribution in [2.75, 3.05) is 13.1 Å². The van der Waals surface area contributed by atoms with E-state index >= 15 is 0 Å². The lowest BCUT2D eigenvalue weighted by atomic mass is 9.96. The van der Waals surface area contributed by atoms with E-state index in [2.05, 4.69) is 16.0 Å². The highest BCUT2D eigenvalue weighted by molar-refractivity contribution is 5.85. The summed E-state index contributed by atoms with van der Waals surface area (Å²) in [5.41, 5.74) is 1.30. The van der Waals surface area contributed by atoms with E-state index in [-0.39, 0.29) is 25.0 Å². The Labute approximate surface area is 194 Å². The number of rotatable bonds is 6. The number of nitrogens with one attached hydrogen (secondary N) is 3. The standard InChI is InChI=1S/C25H32N4O4/c1-25(2,3)33-24(32)28-20(14-18-10-6-4-7-11-18)21-16-26-22(30)17-29(21)23(31)27-15-19-12-8-5-9-13-19/h4-13,20-21H,14-17H2,1-3H3,(H,26,30)(H,27,31)(H,28,32)/t20-,21?/m0/s1. The summed E-state index contributed by atoms with van der Waals surface area (Å²) in [5.74, 6) is -0.239. The third-order valence-electron chi connectivity index (χ3n) is 5.24. The second kappa shape index (κ2) is 10.8. The first-order valence-electron chi connectivity index (χ1n) is 11.1. The van der Waals surface area contributed by atoms with E-state index in [1.165, 1.54) is 4.90 Å². The average molecular weight is 453 g/mol. The molecule has 3 rings (SSSR count). The van der Waals surface area contributed by atoms with Gasteiger partial charge < -0.3 is 25.6 Å². The van der Waals surface area contributed by atoms with E-state index < -0.39 is 23.8 Å². The highest BCUT2D eigenvalue weighted by atomic mass is 16.6. The fraction of sp³-hybridized carbons (Fsp3) is 0.400. The first-order valence-corrected chi connectivity index (χ1v) is 11.1. The summed E-state index contributed by atoms with van der Waals surface area (Å²) >= 11 is 0. The topological polar surface area (TPSA) is 99.8 Å². The Morgan fingerprint density at radius 2 is 1.67 bits per heavy atom. The minimum absolute atomic E-state index is 0.0907. The van der Waals surface area contributed by atoms with Crippen LogP contribution in [0.1, 0.15) is 31.9 Å². The number of ether oxygens (including phenoxy) is 1. The van der Waals surface area contributed by atoms with Gasteiger partial charge in [-0.2, -0.15) is 0 Å². The van der Waals surface area contributed by atoms with Crippen molar-refractivity contribution in [3.8, 4) is 0 Å². The van der Waals surface area contributed by atoms with Gasteiger partial charge in [0.05, 0.1) is 12.1 Å². The lowest BCUT2D eigenvalue weighted by molar-refractivity contribution is -0.124. The molecule has 3 N–H and O–H groups in total. The van der Waals surface area contributed by atoms with Gasteiger partial charge in [-0.15, -0.1) is 0 Å². The molecule has 1 aliphatic heterocycles. The molecule has 0 aliphatic carbocycles. The summed E-state index contributed by atoms with van der Waals surface area (Å²) in [7, 11) is 0. The van der Waals surface area contributed by atoms with Crippen molar-refractivity contribution in [2.45, 2.75) is 51.4 Å². The monoisotopic (exact) mass is 452 g/mol. The number of amides is 4. The molecular formula is C25H32N4O4. The molecule has 33 heavy (non-hydrogen) atoms. The lowest BCUT2D eigenvalue weighted by Gasteiger charge is -2.40. The van der Waals surface area contributed by atoms with E-state index in [9.17, 15) is 14.4 Å². The Morgan fingerprint density at radius 1 is 1.06 bits per heavy atom. The molecule has 4 amide bonds. The molecule has 1 fully saturated rings. The van der Waals surface area contributed by atoms with Crippen LogP contribution in [0.3, 0.4) is 0 Å². The van der Waals surface area contributed by atoms with Gasteiger partial charge in [-0.3, -0.25) is 4.79 Å². The third kappa shape index (κ3) is 7.52. The summed E-state index contributed by atoms with van der Waals surface area (Å²) in [5, 5.41) is 8.65. The van der Waals surface area contributed by atoms with Gasteiger partial charge in [0, 0.05) is 13.1 Å². The van der Waals surface area contributed by atoms with Crippen LogP contribution in [0, 0.1) is 0 Å². The molecule has 0 saturated carbocycles. The van der Waals surface area contributed by atoms with Crippen LogP contribution in [0.2, 0.25) is 0 Å². The summed E-state index contributed by atoms with van der Waals surface area (Å²) < 4.78 is 5.46. The van der Waals surface area contributed by atoms with Crippen molar-refractivity contribution in [3.63, 3.8) is 0 Å². The van der Waals surface area contributed by atoms with Gasteiger partial charge in [-0.05, 0) is 38.3 Å². The maximum Gasteiger partial charge on any atom is 0.407 e. The van der Waals surface area contributed by atoms with E-state index in [4.69, 9.17) is 4.74 Å². The first kappa shape index (κ1) is 24.1.